The summed E-state index contributed by atoms with van der Waals surface area (Å²) in [4.78, 5) is 9.28. The highest BCUT2D eigenvalue weighted by molar-refractivity contribution is 6.31. The van der Waals surface area contributed by atoms with E-state index < -0.39 is 0 Å². The van der Waals surface area contributed by atoms with Crippen LogP contribution in [-0.2, 0) is 24.9 Å². The van der Waals surface area contributed by atoms with E-state index in [1.54, 1.807) is 0 Å². The Morgan fingerprint density at radius 1 is 1.38 bits per heavy atom. The number of aryl methyl sites for hydroxylation is 2. The van der Waals surface area contributed by atoms with Gasteiger partial charge in [-0.15, -0.1) is 0 Å². The van der Waals surface area contributed by atoms with Crippen LogP contribution in [0.2, 0.25) is 5.02 Å². The summed E-state index contributed by atoms with van der Waals surface area (Å²) < 4.78 is 10.3. The average molecular weight is 374 g/mol. The number of nitrogens with zero attached hydrogens (tertiary/aromatic N) is 4. The van der Waals surface area contributed by atoms with Crippen LogP contribution in [-0.4, -0.2) is 31.8 Å². The maximum atomic E-state index is 6.12. The molecule has 3 aromatic rings. The SMILES string of the molecule is CCn1ccnc1[C@H]1OCCC[C@@H]1NCc1nc2ccc(Cl)cc2n1C. The molecular weight excluding hydrogens is 350 g/mol. The number of aromatic nitrogens is 4. The number of benzene rings is 1. The first-order chi connectivity index (χ1) is 12.7. The summed E-state index contributed by atoms with van der Waals surface area (Å²) in [7, 11) is 2.03. The lowest BCUT2D eigenvalue weighted by molar-refractivity contribution is -0.0184. The number of rotatable bonds is 5. The van der Waals surface area contributed by atoms with Gasteiger partial charge in [0.1, 0.15) is 17.8 Å². The fourth-order valence-corrected chi connectivity index (χ4v) is 3.85. The third-order valence-corrected chi connectivity index (χ3v) is 5.36. The van der Waals surface area contributed by atoms with Crippen LogP contribution in [0.5, 0.6) is 0 Å². The first kappa shape index (κ1) is 17.5. The Labute approximate surface area is 158 Å². The Morgan fingerprint density at radius 3 is 3.12 bits per heavy atom. The summed E-state index contributed by atoms with van der Waals surface area (Å²) in [6.45, 7) is 4.48. The predicted molar refractivity (Wildman–Crippen MR) is 102 cm³/mol. The van der Waals surface area contributed by atoms with Crippen molar-refractivity contribution >= 4 is 22.6 Å². The van der Waals surface area contributed by atoms with Crippen molar-refractivity contribution in [3.05, 3.63) is 47.3 Å². The van der Waals surface area contributed by atoms with Crippen molar-refractivity contribution in [1.29, 1.82) is 0 Å². The highest BCUT2D eigenvalue weighted by Gasteiger charge is 2.30. The molecule has 1 aliphatic rings. The third kappa shape index (κ3) is 3.24. The Morgan fingerprint density at radius 2 is 2.27 bits per heavy atom. The van der Waals surface area contributed by atoms with Gasteiger partial charge >= 0.3 is 0 Å². The molecule has 2 aromatic heterocycles. The maximum Gasteiger partial charge on any atom is 0.139 e. The minimum absolute atomic E-state index is 0.0252. The second-order valence-electron chi connectivity index (χ2n) is 6.71. The van der Waals surface area contributed by atoms with Crippen molar-refractivity contribution in [1.82, 2.24) is 24.4 Å². The molecule has 4 rings (SSSR count). The summed E-state index contributed by atoms with van der Waals surface area (Å²) in [6.07, 6.45) is 5.96. The summed E-state index contributed by atoms with van der Waals surface area (Å²) in [6, 6.07) is 6.02. The topological polar surface area (TPSA) is 56.9 Å². The minimum atomic E-state index is -0.0252. The fraction of sp³-hybridized carbons (Fsp3) is 0.474. The molecule has 0 bridgehead atoms. The maximum absolute atomic E-state index is 6.12. The quantitative estimate of drug-likeness (QED) is 0.744. The lowest BCUT2D eigenvalue weighted by atomic mass is 10.0. The van der Waals surface area contributed by atoms with Gasteiger partial charge in [0.25, 0.3) is 0 Å². The van der Waals surface area contributed by atoms with Gasteiger partial charge in [-0.1, -0.05) is 11.6 Å². The zero-order valence-corrected chi connectivity index (χ0v) is 15.9. The van der Waals surface area contributed by atoms with Crippen LogP contribution in [0.25, 0.3) is 11.0 Å². The third-order valence-electron chi connectivity index (χ3n) is 5.12. The fourth-order valence-electron chi connectivity index (χ4n) is 3.68. The van der Waals surface area contributed by atoms with Crippen molar-refractivity contribution in [3.8, 4) is 0 Å². The molecule has 0 saturated carbocycles. The number of nitrogens with one attached hydrogen (secondary N) is 1. The molecule has 0 aliphatic carbocycles. The van der Waals surface area contributed by atoms with Gasteiger partial charge in [-0.2, -0.15) is 0 Å². The number of hydrogen-bond donors (Lipinski definition) is 1. The molecule has 138 valence electrons. The van der Waals surface area contributed by atoms with E-state index in [-0.39, 0.29) is 12.1 Å². The molecule has 1 saturated heterocycles. The average Bonchev–Trinajstić information content (AvgIpc) is 3.25. The van der Waals surface area contributed by atoms with Crippen molar-refractivity contribution in [3.63, 3.8) is 0 Å². The van der Waals surface area contributed by atoms with Crippen molar-refractivity contribution in [2.45, 2.75) is 45.0 Å². The van der Waals surface area contributed by atoms with E-state index in [1.807, 2.05) is 37.6 Å². The minimum Gasteiger partial charge on any atom is -0.369 e. The van der Waals surface area contributed by atoms with E-state index in [2.05, 4.69) is 26.4 Å². The molecular formula is C19H24ClN5O. The van der Waals surface area contributed by atoms with Crippen LogP contribution in [0.15, 0.2) is 30.6 Å². The van der Waals surface area contributed by atoms with E-state index in [1.165, 1.54) is 0 Å². The number of ether oxygens (including phenoxy) is 1. The van der Waals surface area contributed by atoms with Gasteiger partial charge in [0.05, 0.1) is 17.6 Å². The van der Waals surface area contributed by atoms with Gasteiger partial charge in [-0.3, -0.25) is 0 Å². The zero-order valence-electron chi connectivity index (χ0n) is 15.2. The van der Waals surface area contributed by atoms with Crippen LogP contribution < -0.4 is 5.32 Å². The van der Waals surface area contributed by atoms with Crippen LogP contribution in [0.3, 0.4) is 0 Å². The first-order valence-corrected chi connectivity index (χ1v) is 9.52. The number of fused-ring (bicyclic) bond motifs is 1. The number of halogens is 1. The molecule has 6 nitrogen and oxygen atoms in total. The first-order valence-electron chi connectivity index (χ1n) is 9.14. The molecule has 26 heavy (non-hydrogen) atoms. The highest BCUT2D eigenvalue weighted by Crippen LogP contribution is 2.28. The second kappa shape index (κ2) is 7.39. The molecule has 2 atom stereocenters. The molecule has 0 radical (unpaired) electrons. The van der Waals surface area contributed by atoms with E-state index in [0.717, 1.165) is 53.7 Å². The van der Waals surface area contributed by atoms with Gasteiger partial charge in [-0.25, -0.2) is 9.97 Å². The van der Waals surface area contributed by atoms with Crippen LogP contribution in [0.4, 0.5) is 0 Å². The summed E-state index contributed by atoms with van der Waals surface area (Å²) in [5.41, 5.74) is 2.01. The van der Waals surface area contributed by atoms with E-state index in [4.69, 9.17) is 21.3 Å². The van der Waals surface area contributed by atoms with Gasteiger partial charge in [0.2, 0.25) is 0 Å². The van der Waals surface area contributed by atoms with E-state index in [0.29, 0.717) is 6.54 Å². The second-order valence-corrected chi connectivity index (χ2v) is 7.15. The number of hydrogen-bond acceptors (Lipinski definition) is 4. The molecule has 1 fully saturated rings. The van der Waals surface area contributed by atoms with Crippen molar-refractivity contribution in [2.24, 2.45) is 7.05 Å². The van der Waals surface area contributed by atoms with Crippen molar-refractivity contribution < 1.29 is 4.74 Å². The normalized spacial score (nSPS) is 20.7. The van der Waals surface area contributed by atoms with Gasteiger partial charge in [-0.05, 0) is 38.0 Å². The summed E-state index contributed by atoms with van der Waals surface area (Å²) in [5, 5.41) is 4.38. The van der Waals surface area contributed by atoms with Crippen LogP contribution in [0, 0.1) is 0 Å². The van der Waals surface area contributed by atoms with Crippen LogP contribution in [0.1, 0.15) is 37.5 Å². The molecule has 1 aromatic carbocycles. The molecule has 1 N–H and O–H groups in total. The van der Waals surface area contributed by atoms with Gasteiger partial charge in [0, 0.05) is 43.7 Å². The van der Waals surface area contributed by atoms with Gasteiger partial charge in [0.15, 0.2) is 0 Å². The molecule has 0 unspecified atom stereocenters. The van der Waals surface area contributed by atoms with Crippen molar-refractivity contribution in [2.75, 3.05) is 6.61 Å². The van der Waals surface area contributed by atoms with Gasteiger partial charge < -0.3 is 19.2 Å². The monoisotopic (exact) mass is 373 g/mol. The molecule has 3 heterocycles. The molecule has 0 spiro atoms. The molecule has 1 aliphatic heterocycles. The van der Waals surface area contributed by atoms with Crippen LogP contribution >= 0.6 is 11.6 Å². The lowest BCUT2D eigenvalue weighted by Crippen LogP contribution is -2.40. The lowest BCUT2D eigenvalue weighted by Gasteiger charge is -2.32. The summed E-state index contributed by atoms with van der Waals surface area (Å²) in [5.74, 6) is 1.99. The Balaban J connectivity index is 1.53. The van der Waals surface area contributed by atoms with E-state index in [9.17, 15) is 0 Å². The largest absolute Gasteiger partial charge is 0.369 e. The zero-order chi connectivity index (χ0) is 18.1. The smallest absolute Gasteiger partial charge is 0.139 e. The Bertz CT molecular complexity index is 903. The predicted octanol–water partition coefficient (Wildman–Crippen LogP) is 3.45. The number of imidazole rings is 2. The van der Waals surface area contributed by atoms with E-state index >= 15 is 0 Å². The summed E-state index contributed by atoms with van der Waals surface area (Å²) >= 11 is 6.12. The Hall–Kier alpha value is -1.89. The highest BCUT2D eigenvalue weighted by atomic mass is 35.5. The standard InChI is InChI=1S/C19H24ClN5O/c1-3-25-9-8-21-19(25)18-15(5-4-10-26-18)22-12-17-23-14-7-6-13(20)11-16(14)24(17)2/h6-9,11,15,18,22H,3-5,10,12H2,1-2H3/t15-,18-/m0/s1. The Kier molecular flexibility index (Phi) is 4.98. The molecule has 0 amide bonds. The molecule has 7 heteroatoms.